The molecule has 2 aromatic rings. The maximum Gasteiger partial charge on any atom is 0.119 e. The molecule has 160 valence electrons. The topological polar surface area (TPSA) is 84.2 Å². The molecule has 0 aliphatic carbocycles. The van der Waals surface area contributed by atoms with Crippen molar-refractivity contribution in [1.29, 1.82) is 0 Å². The second-order valence-electron chi connectivity index (χ2n) is 8.23. The van der Waals surface area contributed by atoms with E-state index in [2.05, 4.69) is 37.8 Å². The Bertz CT molecular complexity index is 715. The molecule has 2 aromatic carbocycles. The molecule has 0 bridgehead atoms. The van der Waals surface area contributed by atoms with E-state index in [-0.39, 0.29) is 17.4 Å². The van der Waals surface area contributed by atoms with Gasteiger partial charge in [-0.2, -0.15) is 0 Å². The molecule has 0 amide bonds. The van der Waals surface area contributed by atoms with Crippen molar-refractivity contribution in [3.05, 3.63) is 59.7 Å². The minimum Gasteiger partial charge on any atom is -0.508 e. The van der Waals surface area contributed by atoms with Crippen LogP contribution in [-0.2, 0) is 6.54 Å². The zero-order valence-corrected chi connectivity index (χ0v) is 17.7. The van der Waals surface area contributed by atoms with Gasteiger partial charge in [0.05, 0.1) is 12.2 Å². The van der Waals surface area contributed by atoms with E-state index in [9.17, 15) is 20.4 Å². The third-order valence-electron chi connectivity index (χ3n) is 5.35. The Morgan fingerprint density at radius 3 is 2.10 bits per heavy atom. The van der Waals surface area contributed by atoms with Gasteiger partial charge in [0.1, 0.15) is 11.5 Å². The Kier molecular flexibility index (Phi) is 8.96. The minimum absolute atomic E-state index is 0.100. The van der Waals surface area contributed by atoms with Gasteiger partial charge in [-0.05, 0) is 48.6 Å². The number of benzene rings is 2. The lowest BCUT2D eigenvalue weighted by molar-refractivity contribution is -0.00784. The van der Waals surface area contributed by atoms with Gasteiger partial charge in [0.2, 0.25) is 0 Å². The Hall–Kier alpha value is -2.08. The van der Waals surface area contributed by atoms with Crippen molar-refractivity contribution in [1.82, 2.24) is 4.90 Å². The molecule has 0 aromatic heterocycles. The summed E-state index contributed by atoms with van der Waals surface area (Å²) >= 11 is 0. The fourth-order valence-electron chi connectivity index (χ4n) is 3.80. The van der Waals surface area contributed by atoms with Gasteiger partial charge in [0.15, 0.2) is 0 Å². The molecule has 0 radical (unpaired) electrons. The van der Waals surface area contributed by atoms with Crippen molar-refractivity contribution < 1.29 is 20.4 Å². The van der Waals surface area contributed by atoms with Gasteiger partial charge in [-0.1, -0.05) is 51.1 Å². The van der Waals surface area contributed by atoms with E-state index in [1.54, 1.807) is 0 Å². The summed E-state index contributed by atoms with van der Waals surface area (Å²) < 4.78 is 0. The minimum atomic E-state index is -0.963. The van der Waals surface area contributed by atoms with E-state index in [0.29, 0.717) is 24.3 Å². The highest BCUT2D eigenvalue weighted by Crippen LogP contribution is 2.34. The number of phenols is 2. The average Bonchev–Trinajstić information content (AvgIpc) is 2.68. The van der Waals surface area contributed by atoms with Gasteiger partial charge in [-0.25, -0.2) is 0 Å². The first-order valence-electron chi connectivity index (χ1n) is 10.5. The number of aliphatic hydroxyl groups excluding tert-OH is 2. The van der Waals surface area contributed by atoms with Crippen molar-refractivity contribution in [2.24, 2.45) is 11.8 Å². The summed E-state index contributed by atoms with van der Waals surface area (Å²) in [5.41, 5.74) is 1.65. The lowest BCUT2D eigenvalue weighted by atomic mass is 9.83. The van der Waals surface area contributed by atoms with Gasteiger partial charge in [-0.3, -0.25) is 4.90 Å². The molecule has 5 heteroatoms. The lowest BCUT2D eigenvalue weighted by Crippen LogP contribution is -2.33. The molecule has 0 saturated carbocycles. The zero-order chi connectivity index (χ0) is 21.4. The first-order chi connectivity index (χ1) is 13.8. The summed E-state index contributed by atoms with van der Waals surface area (Å²) in [6.45, 7) is 8.63. The molecule has 4 N–H and O–H groups in total. The molecule has 0 unspecified atom stereocenters. The summed E-state index contributed by atoms with van der Waals surface area (Å²) in [5, 5.41) is 41.3. The highest BCUT2D eigenvalue weighted by molar-refractivity contribution is 5.37. The van der Waals surface area contributed by atoms with Crippen LogP contribution in [0.3, 0.4) is 0 Å². The number of aliphatic hydroxyl groups is 2. The van der Waals surface area contributed by atoms with Gasteiger partial charge in [0, 0.05) is 25.1 Å². The average molecular weight is 402 g/mol. The summed E-state index contributed by atoms with van der Waals surface area (Å²) in [4.78, 5) is 2.28. The van der Waals surface area contributed by atoms with Crippen LogP contribution in [-0.4, -0.2) is 44.5 Å². The van der Waals surface area contributed by atoms with Crippen LogP contribution in [0, 0.1) is 11.8 Å². The molecule has 0 aliphatic heterocycles. The van der Waals surface area contributed by atoms with Crippen molar-refractivity contribution >= 4 is 0 Å². The van der Waals surface area contributed by atoms with E-state index in [1.165, 1.54) is 23.8 Å². The van der Waals surface area contributed by atoms with Crippen molar-refractivity contribution in [3.8, 4) is 11.5 Å². The number of hydrogen-bond donors (Lipinski definition) is 4. The van der Waals surface area contributed by atoms with Gasteiger partial charge >= 0.3 is 0 Å². The van der Waals surface area contributed by atoms with Crippen LogP contribution < -0.4 is 0 Å². The molecular formula is C24H35NO4. The zero-order valence-electron chi connectivity index (χ0n) is 17.7. The van der Waals surface area contributed by atoms with E-state index >= 15 is 0 Å². The standard InChI is InChI=1S/C24H35NO4/c1-4-25(16-18-8-6-5-7-9-18)11-10-23(28)22(12-17(2)3)24(29)19-13-20(26)15-21(27)14-19/h5-9,13-15,17,22-24,26-29H,4,10-12,16H2,1-3H3/t22-,23-,24+/m1/s1. The number of nitrogens with zero attached hydrogens (tertiary/aromatic N) is 1. The predicted molar refractivity (Wildman–Crippen MR) is 116 cm³/mol. The molecule has 3 atom stereocenters. The van der Waals surface area contributed by atoms with Crippen LogP contribution in [0.2, 0.25) is 0 Å². The van der Waals surface area contributed by atoms with Crippen LogP contribution in [0.25, 0.3) is 0 Å². The van der Waals surface area contributed by atoms with Crippen LogP contribution in [0.1, 0.15) is 50.8 Å². The Morgan fingerprint density at radius 2 is 1.55 bits per heavy atom. The van der Waals surface area contributed by atoms with Gasteiger partial charge < -0.3 is 20.4 Å². The summed E-state index contributed by atoms with van der Waals surface area (Å²) in [5.74, 6) is -0.290. The second-order valence-corrected chi connectivity index (χ2v) is 8.23. The molecule has 0 heterocycles. The fraction of sp³-hybridized carbons (Fsp3) is 0.500. The van der Waals surface area contributed by atoms with E-state index in [4.69, 9.17) is 0 Å². The Labute approximate surface area is 174 Å². The molecule has 0 spiro atoms. The molecule has 0 aliphatic rings. The van der Waals surface area contributed by atoms with Gasteiger partial charge in [0.25, 0.3) is 0 Å². The number of hydrogen-bond acceptors (Lipinski definition) is 5. The summed E-state index contributed by atoms with van der Waals surface area (Å²) in [7, 11) is 0. The monoisotopic (exact) mass is 401 g/mol. The third-order valence-corrected chi connectivity index (χ3v) is 5.35. The van der Waals surface area contributed by atoms with Crippen molar-refractivity contribution in [2.45, 2.75) is 52.4 Å². The van der Waals surface area contributed by atoms with Crippen LogP contribution in [0.15, 0.2) is 48.5 Å². The Morgan fingerprint density at radius 1 is 0.931 bits per heavy atom. The van der Waals surface area contributed by atoms with E-state index < -0.39 is 12.2 Å². The van der Waals surface area contributed by atoms with Gasteiger partial charge in [-0.15, -0.1) is 0 Å². The molecule has 2 rings (SSSR count). The first kappa shape index (κ1) is 23.2. The van der Waals surface area contributed by atoms with E-state index in [0.717, 1.165) is 19.6 Å². The fourth-order valence-corrected chi connectivity index (χ4v) is 3.80. The number of rotatable bonds is 11. The predicted octanol–water partition coefficient (Wildman–Crippen LogP) is 4.07. The lowest BCUT2D eigenvalue weighted by Gasteiger charge is -2.31. The summed E-state index contributed by atoms with van der Waals surface area (Å²) in [6.07, 6.45) is -0.472. The number of aromatic hydroxyl groups is 2. The maximum atomic E-state index is 10.9. The first-order valence-corrected chi connectivity index (χ1v) is 10.5. The highest BCUT2D eigenvalue weighted by Gasteiger charge is 2.29. The maximum absolute atomic E-state index is 10.9. The van der Waals surface area contributed by atoms with Crippen molar-refractivity contribution in [2.75, 3.05) is 13.1 Å². The van der Waals surface area contributed by atoms with E-state index in [1.807, 2.05) is 18.2 Å². The summed E-state index contributed by atoms with van der Waals surface area (Å²) in [6, 6.07) is 14.4. The van der Waals surface area contributed by atoms with Crippen LogP contribution in [0.4, 0.5) is 0 Å². The highest BCUT2D eigenvalue weighted by atomic mass is 16.3. The molecule has 0 saturated heterocycles. The quantitative estimate of drug-likeness (QED) is 0.456. The molecule has 5 nitrogen and oxygen atoms in total. The molecule has 0 fully saturated rings. The molecule has 29 heavy (non-hydrogen) atoms. The van der Waals surface area contributed by atoms with Crippen LogP contribution >= 0.6 is 0 Å². The SMILES string of the molecule is CCN(CC[C@@H](O)[C@@H](CC(C)C)[C@@H](O)c1cc(O)cc(O)c1)Cc1ccccc1. The molecular weight excluding hydrogens is 366 g/mol. The third kappa shape index (κ3) is 7.35. The Balaban J connectivity index is 2.06. The van der Waals surface area contributed by atoms with Crippen LogP contribution in [0.5, 0.6) is 11.5 Å². The number of phenolic OH excluding ortho intramolecular Hbond substituents is 2. The largest absolute Gasteiger partial charge is 0.508 e. The smallest absolute Gasteiger partial charge is 0.119 e. The normalized spacial score (nSPS) is 14.9. The second kappa shape index (κ2) is 11.2. The van der Waals surface area contributed by atoms with Crippen molar-refractivity contribution in [3.63, 3.8) is 0 Å².